The number of hydrogen-bond acceptors (Lipinski definition) is 6. The van der Waals surface area contributed by atoms with Gasteiger partial charge in [0.25, 0.3) is 5.91 Å². The molecule has 0 unspecified atom stereocenters. The first-order chi connectivity index (χ1) is 16.8. The van der Waals surface area contributed by atoms with E-state index in [0.717, 1.165) is 16.8 Å². The van der Waals surface area contributed by atoms with Gasteiger partial charge in [0.05, 0.1) is 6.61 Å². The Bertz CT molecular complexity index is 1300. The van der Waals surface area contributed by atoms with Crippen LogP contribution in [0.25, 0.3) is 0 Å². The summed E-state index contributed by atoms with van der Waals surface area (Å²) in [5, 5.41) is 2.45. The summed E-state index contributed by atoms with van der Waals surface area (Å²) in [7, 11) is -3.09. The molecule has 196 valence electrons. The van der Waals surface area contributed by atoms with E-state index < -0.39 is 50.3 Å². The highest BCUT2D eigenvalue weighted by Crippen LogP contribution is 2.26. The molecule has 13 heteroatoms. The zero-order valence-electron chi connectivity index (χ0n) is 20.3. The second kappa shape index (κ2) is 11.0. The number of nitrogens with one attached hydrogen (secondary N) is 2. The highest BCUT2D eigenvalue weighted by molar-refractivity contribution is 7.89. The topological polar surface area (TPSA) is 110 Å². The van der Waals surface area contributed by atoms with Crippen molar-refractivity contribution in [3.8, 4) is 0 Å². The molecular formula is C23H28F2N4O5S2. The van der Waals surface area contributed by atoms with Gasteiger partial charge in [0.15, 0.2) is 5.82 Å². The molecule has 0 bridgehead atoms. The van der Waals surface area contributed by atoms with Gasteiger partial charge in [-0.25, -0.2) is 26.7 Å². The molecule has 1 aromatic heterocycles. The van der Waals surface area contributed by atoms with Crippen molar-refractivity contribution in [2.75, 3.05) is 25.0 Å². The zero-order valence-corrected chi connectivity index (χ0v) is 21.9. The minimum Gasteiger partial charge on any atom is -0.450 e. The van der Waals surface area contributed by atoms with Gasteiger partial charge < -0.3 is 19.5 Å². The van der Waals surface area contributed by atoms with Crippen molar-refractivity contribution in [1.29, 1.82) is 0 Å². The number of carbonyl (C=O) groups is 2. The minimum atomic E-state index is -4.42. The van der Waals surface area contributed by atoms with E-state index in [0.29, 0.717) is 11.3 Å². The number of halogens is 2. The molecule has 2 N–H and O–H groups in total. The van der Waals surface area contributed by atoms with Gasteiger partial charge in [-0.1, -0.05) is 12.2 Å². The molecule has 36 heavy (non-hydrogen) atoms. The van der Waals surface area contributed by atoms with E-state index in [1.807, 2.05) is 0 Å². The standard InChI is InChI=1S/C23H28F2N4O5S2/c1-5-34-23(31)29-10-15(9-14(3)35)18(11-29)27-36(32,33)19-12-28(4)21(20(19)25)22(30)26-16-6-7-17(24)13(2)8-16/h6-8,12,15,18,27H,5,9-11H2,1-4H3,(H,26,30)/t15-,18+/m1/s1. The smallest absolute Gasteiger partial charge is 0.409 e. The van der Waals surface area contributed by atoms with Gasteiger partial charge in [-0.05, 0) is 61.7 Å². The summed E-state index contributed by atoms with van der Waals surface area (Å²) in [6, 6.07) is 3.11. The summed E-state index contributed by atoms with van der Waals surface area (Å²) in [5.74, 6) is -2.93. The number of sulfonamides is 1. The van der Waals surface area contributed by atoms with Crippen LogP contribution < -0.4 is 10.0 Å². The summed E-state index contributed by atoms with van der Waals surface area (Å²) in [4.78, 5) is 26.2. The number of nitrogens with zero attached hydrogens (tertiary/aromatic N) is 2. The summed E-state index contributed by atoms with van der Waals surface area (Å²) >= 11 is 5.17. The number of likely N-dealkylation sites (tertiary alicyclic amines) is 1. The van der Waals surface area contributed by atoms with Crippen molar-refractivity contribution in [1.82, 2.24) is 14.2 Å². The second-order valence-electron chi connectivity index (χ2n) is 8.68. The highest BCUT2D eigenvalue weighted by atomic mass is 32.2. The fourth-order valence-electron chi connectivity index (χ4n) is 4.14. The molecule has 2 aromatic rings. The molecule has 0 saturated carbocycles. The second-order valence-corrected chi connectivity index (χ2v) is 11.1. The molecule has 1 aliphatic heterocycles. The Morgan fingerprint density at radius 2 is 1.94 bits per heavy atom. The Labute approximate surface area is 213 Å². The van der Waals surface area contributed by atoms with Crippen molar-refractivity contribution in [2.24, 2.45) is 13.0 Å². The molecule has 2 amide bonds. The van der Waals surface area contributed by atoms with E-state index in [2.05, 4.69) is 10.0 Å². The van der Waals surface area contributed by atoms with Crippen LogP contribution in [0.4, 0.5) is 19.3 Å². The Kier molecular flexibility index (Phi) is 8.47. The Morgan fingerprint density at radius 3 is 2.56 bits per heavy atom. The van der Waals surface area contributed by atoms with Gasteiger partial charge in [-0.15, -0.1) is 0 Å². The SMILES string of the molecule is CCOC(=O)N1C[C@@H](CC(C)=S)[C@@H](NS(=O)(=O)c2cn(C)c(C(=O)Nc3ccc(F)c(C)c3)c2F)C1. The number of hydrogen-bond donors (Lipinski definition) is 2. The van der Waals surface area contributed by atoms with E-state index in [9.17, 15) is 22.4 Å². The van der Waals surface area contributed by atoms with Crippen molar-refractivity contribution in [3.63, 3.8) is 0 Å². The summed E-state index contributed by atoms with van der Waals surface area (Å²) in [5.41, 5.74) is -0.00390. The minimum absolute atomic E-state index is 0.0249. The molecule has 1 fully saturated rings. The number of anilines is 1. The number of amides is 2. The average molecular weight is 543 g/mol. The van der Waals surface area contributed by atoms with E-state index in [4.69, 9.17) is 17.0 Å². The third-order valence-corrected chi connectivity index (χ3v) is 7.47. The largest absolute Gasteiger partial charge is 0.450 e. The molecule has 0 spiro atoms. The predicted molar refractivity (Wildman–Crippen MR) is 134 cm³/mol. The van der Waals surface area contributed by atoms with Crippen molar-refractivity contribution in [2.45, 2.75) is 38.1 Å². The van der Waals surface area contributed by atoms with Crippen molar-refractivity contribution in [3.05, 3.63) is 47.3 Å². The Hall–Kier alpha value is -2.90. The summed E-state index contributed by atoms with van der Waals surface area (Å²) in [6.45, 7) is 5.31. The van der Waals surface area contributed by atoms with Gasteiger partial charge >= 0.3 is 6.09 Å². The first-order valence-corrected chi connectivity index (χ1v) is 13.1. The molecule has 1 aliphatic rings. The lowest BCUT2D eigenvalue weighted by molar-refractivity contribution is 0.101. The van der Waals surface area contributed by atoms with Crippen LogP contribution in [0.15, 0.2) is 29.3 Å². The monoisotopic (exact) mass is 542 g/mol. The molecule has 3 rings (SSSR count). The number of aryl methyl sites for hydroxylation is 2. The lowest BCUT2D eigenvalue weighted by Crippen LogP contribution is -2.41. The predicted octanol–water partition coefficient (Wildman–Crippen LogP) is 3.38. The number of rotatable bonds is 8. The van der Waals surface area contributed by atoms with Crippen LogP contribution in [0.2, 0.25) is 0 Å². The number of thiocarbonyl (C=S) groups is 1. The van der Waals surface area contributed by atoms with Crippen LogP contribution in [-0.4, -0.2) is 60.5 Å². The fourth-order valence-corrected chi connectivity index (χ4v) is 5.77. The molecule has 2 atom stereocenters. The number of aromatic nitrogens is 1. The normalized spacial score (nSPS) is 17.8. The van der Waals surface area contributed by atoms with Crippen LogP contribution in [0, 0.1) is 24.5 Å². The summed E-state index contributed by atoms with van der Waals surface area (Å²) in [6.07, 6.45) is 0.799. The zero-order chi connectivity index (χ0) is 26.8. The van der Waals surface area contributed by atoms with Gasteiger partial charge in [-0.2, -0.15) is 0 Å². The van der Waals surface area contributed by atoms with Crippen LogP contribution in [0.1, 0.15) is 36.3 Å². The van der Waals surface area contributed by atoms with Gasteiger partial charge in [0.1, 0.15) is 16.4 Å². The first kappa shape index (κ1) is 27.7. The number of ether oxygens (including phenoxy) is 1. The molecule has 1 aromatic carbocycles. The number of carbonyl (C=O) groups excluding carboxylic acids is 2. The van der Waals surface area contributed by atoms with Crippen LogP contribution >= 0.6 is 12.2 Å². The van der Waals surface area contributed by atoms with Gasteiger partial charge in [-0.3, -0.25) is 4.79 Å². The molecule has 9 nitrogen and oxygen atoms in total. The third-order valence-electron chi connectivity index (χ3n) is 5.83. The highest BCUT2D eigenvalue weighted by Gasteiger charge is 2.40. The maximum absolute atomic E-state index is 15.3. The maximum Gasteiger partial charge on any atom is 0.409 e. The lowest BCUT2D eigenvalue weighted by Gasteiger charge is -2.18. The lowest BCUT2D eigenvalue weighted by atomic mass is 9.99. The van der Waals surface area contributed by atoms with Crippen molar-refractivity contribution < 1.29 is 31.5 Å². The van der Waals surface area contributed by atoms with Gasteiger partial charge in [0, 0.05) is 38.1 Å². The van der Waals surface area contributed by atoms with Crippen molar-refractivity contribution >= 4 is 44.8 Å². The van der Waals surface area contributed by atoms with E-state index in [-0.39, 0.29) is 36.9 Å². The van der Waals surface area contributed by atoms with Gasteiger partial charge in [0.2, 0.25) is 10.0 Å². The van der Waals surface area contributed by atoms with Crippen LogP contribution in [-0.2, 0) is 21.8 Å². The molecule has 0 aliphatic carbocycles. The van der Waals surface area contributed by atoms with E-state index >= 15 is 4.39 Å². The molecule has 1 saturated heterocycles. The molecular weight excluding hydrogens is 514 g/mol. The van der Waals surface area contributed by atoms with Crippen LogP contribution in [0.3, 0.4) is 0 Å². The summed E-state index contributed by atoms with van der Waals surface area (Å²) < 4.78 is 63.7. The van der Waals surface area contributed by atoms with Crippen LogP contribution in [0.5, 0.6) is 0 Å². The first-order valence-electron chi connectivity index (χ1n) is 11.2. The maximum atomic E-state index is 15.3. The average Bonchev–Trinajstić information content (AvgIpc) is 3.30. The van der Waals surface area contributed by atoms with E-state index in [1.54, 1.807) is 13.8 Å². The quantitative estimate of drug-likeness (QED) is 0.495. The molecule has 2 heterocycles. The Balaban J connectivity index is 1.84. The number of benzene rings is 1. The van der Waals surface area contributed by atoms with E-state index in [1.165, 1.54) is 31.0 Å². The fraction of sp³-hybridized carbons (Fsp3) is 0.435. The Morgan fingerprint density at radius 1 is 1.25 bits per heavy atom. The molecule has 0 radical (unpaired) electrons. The third kappa shape index (κ3) is 6.08.